The number of methoxy groups -OCH3 is 1. The van der Waals surface area contributed by atoms with E-state index in [0.29, 0.717) is 16.1 Å². The first-order chi connectivity index (χ1) is 14.4. The number of para-hydroxylation sites is 2. The molecule has 10 heteroatoms. The summed E-state index contributed by atoms with van der Waals surface area (Å²) in [6.45, 7) is -0.481. The van der Waals surface area contributed by atoms with Crippen molar-refractivity contribution in [2.45, 2.75) is 0 Å². The largest absolute Gasteiger partial charge is 0.477 e. The molecule has 0 aliphatic heterocycles. The number of halogens is 1. The maximum absolute atomic E-state index is 12.4. The van der Waals surface area contributed by atoms with E-state index in [9.17, 15) is 19.7 Å². The van der Waals surface area contributed by atoms with Gasteiger partial charge in [0.1, 0.15) is 10.6 Å². The smallest absolute Gasteiger partial charge is 0.341 e. The standard InChI is InChI=1S/C20H15ClN2O6S/c1-28-20(25)18-13(12-6-2-3-7-14(12)21)11-30-19(18)22-17(24)10-29-16-9-5-4-8-15(16)23(26)27/h2-9,11H,10H2,1H3,(H,22,24). The third kappa shape index (κ3) is 4.58. The first kappa shape index (κ1) is 21.3. The molecule has 154 valence electrons. The molecule has 1 N–H and O–H groups in total. The maximum Gasteiger partial charge on any atom is 0.341 e. The number of carbonyl (C=O) groups excluding carboxylic acids is 2. The maximum atomic E-state index is 12.4. The van der Waals surface area contributed by atoms with E-state index >= 15 is 0 Å². The first-order valence-electron chi connectivity index (χ1n) is 8.53. The molecule has 1 amide bonds. The van der Waals surface area contributed by atoms with Crippen molar-refractivity contribution in [3.63, 3.8) is 0 Å². The van der Waals surface area contributed by atoms with Crippen molar-refractivity contribution in [1.29, 1.82) is 0 Å². The lowest BCUT2D eigenvalue weighted by molar-refractivity contribution is -0.385. The predicted molar refractivity (Wildman–Crippen MR) is 113 cm³/mol. The zero-order valence-electron chi connectivity index (χ0n) is 15.6. The Bertz CT molecular complexity index is 1110. The van der Waals surface area contributed by atoms with Crippen molar-refractivity contribution < 1.29 is 24.0 Å². The second kappa shape index (κ2) is 9.38. The van der Waals surface area contributed by atoms with Crippen molar-refractivity contribution in [2.24, 2.45) is 0 Å². The molecular weight excluding hydrogens is 432 g/mol. The van der Waals surface area contributed by atoms with E-state index in [1.54, 1.807) is 35.7 Å². The molecule has 3 aromatic rings. The summed E-state index contributed by atoms with van der Waals surface area (Å²) in [7, 11) is 1.24. The number of hydrogen-bond donors (Lipinski definition) is 1. The van der Waals surface area contributed by atoms with Gasteiger partial charge in [-0.25, -0.2) is 4.79 Å². The van der Waals surface area contributed by atoms with Gasteiger partial charge in [-0.1, -0.05) is 41.9 Å². The summed E-state index contributed by atoms with van der Waals surface area (Å²) >= 11 is 7.37. The average Bonchev–Trinajstić information content (AvgIpc) is 3.15. The number of esters is 1. The number of anilines is 1. The summed E-state index contributed by atoms with van der Waals surface area (Å²) in [5, 5.41) is 16.0. The molecule has 0 unspecified atom stereocenters. The van der Waals surface area contributed by atoms with Gasteiger partial charge in [-0.3, -0.25) is 14.9 Å². The molecule has 0 saturated heterocycles. The molecule has 0 aliphatic rings. The van der Waals surface area contributed by atoms with Crippen LogP contribution in [-0.2, 0) is 9.53 Å². The van der Waals surface area contributed by atoms with Gasteiger partial charge in [0, 0.05) is 27.6 Å². The van der Waals surface area contributed by atoms with Crippen LogP contribution in [0.25, 0.3) is 11.1 Å². The van der Waals surface area contributed by atoms with Crippen molar-refractivity contribution >= 4 is 45.5 Å². The van der Waals surface area contributed by atoms with Gasteiger partial charge in [0.2, 0.25) is 0 Å². The topological polar surface area (TPSA) is 108 Å². The lowest BCUT2D eigenvalue weighted by Gasteiger charge is -2.09. The highest BCUT2D eigenvalue weighted by Gasteiger charge is 2.24. The molecule has 1 heterocycles. The Morgan fingerprint density at radius 1 is 1.13 bits per heavy atom. The van der Waals surface area contributed by atoms with E-state index in [2.05, 4.69) is 5.32 Å². The van der Waals surface area contributed by atoms with E-state index in [-0.39, 0.29) is 22.0 Å². The highest BCUT2D eigenvalue weighted by Crippen LogP contribution is 2.39. The van der Waals surface area contributed by atoms with Crippen LogP contribution in [0.15, 0.2) is 53.9 Å². The quantitative estimate of drug-likeness (QED) is 0.318. The van der Waals surface area contributed by atoms with E-state index in [1.807, 2.05) is 0 Å². The SMILES string of the molecule is COC(=O)c1c(-c2ccccc2Cl)csc1NC(=O)COc1ccccc1[N+](=O)[O-]. The molecule has 0 atom stereocenters. The normalized spacial score (nSPS) is 10.3. The molecule has 1 aromatic heterocycles. The number of nitro groups is 1. The van der Waals surface area contributed by atoms with Crippen LogP contribution in [0.5, 0.6) is 5.75 Å². The van der Waals surface area contributed by atoms with Gasteiger partial charge in [-0.2, -0.15) is 0 Å². The summed E-state index contributed by atoms with van der Waals surface area (Å²) in [6.07, 6.45) is 0. The molecule has 0 fully saturated rings. The van der Waals surface area contributed by atoms with Crippen LogP contribution in [0.3, 0.4) is 0 Å². The number of ether oxygens (including phenoxy) is 2. The fourth-order valence-corrected chi connectivity index (χ4v) is 3.87. The van der Waals surface area contributed by atoms with Gasteiger partial charge < -0.3 is 14.8 Å². The molecule has 8 nitrogen and oxygen atoms in total. The summed E-state index contributed by atoms with van der Waals surface area (Å²) in [4.78, 5) is 35.2. The molecule has 0 spiro atoms. The minimum absolute atomic E-state index is 0.0335. The lowest BCUT2D eigenvalue weighted by Crippen LogP contribution is -2.21. The fourth-order valence-electron chi connectivity index (χ4n) is 2.67. The minimum Gasteiger partial charge on any atom is -0.477 e. The van der Waals surface area contributed by atoms with Gasteiger partial charge in [0.15, 0.2) is 12.4 Å². The predicted octanol–water partition coefficient (Wildman–Crippen LogP) is 4.78. The number of thiophene rings is 1. The summed E-state index contributed by atoms with van der Waals surface area (Å²) in [5.41, 5.74) is 1.05. The Morgan fingerprint density at radius 3 is 2.53 bits per heavy atom. The first-order valence-corrected chi connectivity index (χ1v) is 9.79. The Morgan fingerprint density at radius 2 is 1.83 bits per heavy atom. The molecule has 3 rings (SSSR count). The molecular formula is C20H15ClN2O6S. The van der Waals surface area contributed by atoms with Gasteiger partial charge in [0.05, 0.1) is 12.0 Å². The number of nitrogens with zero attached hydrogens (tertiary/aromatic N) is 1. The second-order valence-corrected chi connectivity index (χ2v) is 7.17. The number of carbonyl (C=O) groups is 2. The number of benzene rings is 2. The molecule has 2 aromatic carbocycles. The van der Waals surface area contributed by atoms with Crippen LogP contribution in [0.4, 0.5) is 10.7 Å². The second-order valence-electron chi connectivity index (χ2n) is 5.89. The summed E-state index contributed by atoms with van der Waals surface area (Å²) in [5.74, 6) is -1.26. The Kier molecular flexibility index (Phi) is 6.65. The van der Waals surface area contributed by atoms with Crippen molar-refractivity contribution in [2.75, 3.05) is 19.0 Å². The lowest BCUT2D eigenvalue weighted by atomic mass is 10.0. The molecule has 0 radical (unpaired) electrons. The van der Waals surface area contributed by atoms with E-state index < -0.39 is 23.4 Å². The zero-order chi connectivity index (χ0) is 21.7. The zero-order valence-corrected chi connectivity index (χ0v) is 17.2. The number of amides is 1. The van der Waals surface area contributed by atoms with Crippen LogP contribution >= 0.6 is 22.9 Å². The van der Waals surface area contributed by atoms with E-state index in [1.165, 1.54) is 25.3 Å². The van der Waals surface area contributed by atoms with Crippen LogP contribution in [-0.4, -0.2) is 30.5 Å². The minimum atomic E-state index is -0.638. The van der Waals surface area contributed by atoms with E-state index in [0.717, 1.165) is 11.3 Å². The van der Waals surface area contributed by atoms with E-state index in [4.69, 9.17) is 21.1 Å². The van der Waals surface area contributed by atoms with Crippen molar-refractivity contribution in [1.82, 2.24) is 0 Å². The third-order valence-electron chi connectivity index (χ3n) is 4.02. The van der Waals surface area contributed by atoms with Crippen LogP contribution in [0.1, 0.15) is 10.4 Å². The molecule has 30 heavy (non-hydrogen) atoms. The van der Waals surface area contributed by atoms with Crippen LogP contribution in [0.2, 0.25) is 5.02 Å². The summed E-state index contributed by atoms with van der Waals surface area (Å²) in [6, 6.07) is 12.7. The highest BCUT2D eigenvalue weighted by molar-refractivity contribution is 7.15. The number of rotatable bonds is 7. The molecule has 0 saturated carbocycles. The van der Waals surface area contributed by atoms with Gasteiger partial charge in [-0.15, -0.1) is 11.3 Å². The number of nitro benzene ring substituents is 1. The monoisotopic (exact) mass is 446 g/mol. The van der Waals surface area contributed by atoms with Gasteiger partial charge in [-0.05, 0) is 12.1 Å². The summed E-state index contributed by atoms with van der Waals surface area (Å²) < 4.78 is 10.1. The number of nitrogens with one attached hydrogen (secondary N) is 1. The fraction of sp³-hybridized carbons (Fsp3) is 0.100. The molecule has 0 bridgehead atoms. The average molecular weight is 447 g/mol. The highest BCUT2D eigenvalue weighted by atomic mass is 35.5. The van der Waals surface area contributed by atoms with Crippen LogP contribution in [0, 0.1) is 10.1 Å². The third-order valence-corrected chi connectivity index (χ3v) is 5.24. The Balaban J connectivity index is 1.81. The van der Waals surface area contributed by atoms with Gasteiger partial charge >= 0.3 is 11.7 Å². The van der Waals surface area contributed by atoms with Crippen molar-refractivity contribution in [3.8, 4) is 16.9 Å². The molecule has 0 aliphatic carbocycles. The van der Waals surface area contributed by atoms with Gasteiger partial charge in [0.25, 0.3) is 5.91 Å². The Hall–Kier alpha value is -3.43. The van der Waals surface area contributed by atoms with Crippen LogP contribution < -0.4 is 10.1 Å². The Labute approximate surface area is 180 Å². The number of hydrogen-bond acceptors (Lipinski definition) is 7. The van der Waals surface area contributed by atoms with Crippen molar-refractivity contribution in [3.05, 3.63) is 74.6 Å².